The highest BCUT2D eigenvalue weighted by atomic mass is 19.4. The minimum atomic E-state index is -4.38. The van der Waals surface area contributed by atoms with Gasteiger partial charge in [-0.3, -0.25) is 0 Å². The molecule has 0 aromatic heterocycles. The maximum absolute atomic E-state index is 12.8. The van der Waals surface area contributed by atoms with Crippen LogP contribution < -0.4 is 9.47 Å². The van der Waals surface area contributed by atoms with Gasteiger partial charge >= 0.3 is 6.18 Å². The monoisotopic (exact) mass is 282 g/mol. The van der Waals surface area contributed by atoms with E-state index >= 15 is 0 Å². The lowest BCUT2D eigenvalue weighted by Crippen LogP contribution is -2.04. The molecule has 5 heteroatoms. The summed E-state index contributed by atoms with van der Waals surface area (Å²) in [5.74, 6) is 0.923. The van der Waals surface area contributed by atoms with E-state index in [1.165, 1.54) is 20.3 Å². The van der Waals surface area contributed by atoms with Crippen LogP contribution in [0.1, 0.15) is 5.56 Å². The standard InChI is InChI=1S/C15H13F3O2/c1-19-12-7-4-8-13(20-2)14(12)10-5-3-6-11(9-10)15(16,17)18/h3-9H,1-2H3. The third-order valence-electron chi connectivity index (χ3n) is 2.91. The SMILES string of the molecule is COc1cccc(OC)c1-c1cccc(C(F)(F)F)c1. The average molecular weight is 282 g/mol. The van der Waals surface area contributed by atoms with Gasteiger partial charge in [0.15, 0.2) is 0 Å². The maximum Gasteiger partial charge on any atom is 0.416 e. The Hall–Kier alpha value is -2.17. The van der Waals surface area contributed by atoms with Crippen molar-refractivity contribution in [2.75, 3.05) is 14.2 Å². The molecule has 2 nitrogen and oxygen atoms in total. The molecular formula is C15H13F3O2. The zero-order valence-corrected chi connectivity index (χ0v) is 11.0. The van der Waals surface area contributed by atoms with E-state index in [4.69, 9.17) is 9.47 Å². The normalized spacial score (nSPS) is 11.2. The molecule has 0 amide bonds. The number of benzene rings is 2. The van der Waals surface area contributed by atoms with Gasteiger partial charge in [0.1, 0.15) is 11.5 Å². The van der Waals surface area contributed by atoms with Gasteiger partial charge in [0.05, 0.1) is 25.3 Å². The lowest BCUT2D eigenvalue weighted by atomic mass is 10.0. The van der Waals surface area contributed by atoms with Crippen LogP contribution in [0.25, 0.3) is 11.1 Å². The summed E-state index contributed by atoms with van der Waals surface area (Å²) in [4.78, 5) is 0. The van der Waals surface area contributed by atoms with E-state index in [0.29, 0.717) is 22.6 Å². The molecule has 20 heavy (non-hydrogen) atoms. The van der Waals surface area contributed by atoms with E-state index in [1.54, 1.807) is 24.3 Å². The van der Waals surface area contributed by atoms with Crippen molar-refractivity contribution in [3.63, 3.8) is 0 Å². The molecule has 0 radical (unpaired) electrons. The molecule has 106 valence electrons. The van der Waals surface area contributed by atoms with Crippen LogP contribution in [-0.2, 0) is 6.18 Å². The molecule has 0 saturated heterocycles. The number of hydrogen-bond acceptors (Lipinski definition) is 2. The molecule has 0 N–H and O–H groups in total. The van der Waals surface area contributed by atoms with Crippen LogP contribution >= 0.6 is 0 Å². The minimum Gasteiger partial charge on any atom is -0.496 e. The summed E-state index contributed by atoms with van der Waals surface area (Å²) in [6.07, 6.45) is -4.38. The van der Waals surface area contributed by atoms with Crippen LogP contribution in [-0.4, -0.2) is 14.2 Å². The molecule has 0 aliphatic rings. The van der Waals surface area contributed by atoms with Crippen molar-refractivity contribution < 1.29 is 22.6 Å². The molecule has 0 unspecified atom stereocenters. The van der Waals surface area contributed by atoms with Gasteiger partial charge in [-0.05, 0) is 29.8 Å². The van der Waals surface area contributed by atoms with Crippen LogP contribution in [0.2, 0.25) is 0 Å². The summed E-state index contributed by atoms with van der Waals surface area (Å²) in [5.41, 5.74) is 0.195. The first-order valence-electron chi connectivity index (χ1n) is 5.86. The van der Waals surface area contributed by atoms with Crippen molar-refractivity contribution in [3.05, 3.63) is 48.0 Å². The van der Waals surface area contributed by atoms with Crippen LogP contribution in [0.4, 0.5) is 13.2 Å². The van der Waals surface area contributed by atoms with Crippen molar-refractivity contribution in [2.45, 2.75) is 6.18 Å². The summed E-state index contributed by atoms with van der Waals surface area (Å²) in [6.45, 7) is 0. The Morgan fingerprint density at radius 1 is 0.850 bits per heavy atom. The number of ether oxygens (including phenoxy) is 2. The summed E-state index contributed by atoms with van der Waals surface area (Å²) in [7, 11) is 2.93. The zero-order chi connectivity index (χ0) is 14.8. The van der Waals surface area contributed by atoms with E-state index in [-0.39, 0.29) is 0 Å². The molecule has 2 rings (SSSR count). The fourth-order valence-corrected chi connectivity index (χ4v) is 1.99. The Morgan fingerprint density at radius 3 is 1.90 bits per heavy atom. The first-order chi connectivity index (χ1) is 9.47. The van der Waals surface area contributed by atoms with Gasteiger partial charge < -0.3 is 9.47 Å². The number of alkyl halides is 3. The van der Waals surface area contributed by atoms with Gasteiger partial charge in [-0.15, -0.1) is 0 Å². The number of halogens is 3. The Balaban J connectivity index is 2.62. The number of methoxy groups -OCH3 is 2. The molecule has 0 atom stereocenters. The van der Waals surface area contributed by atoms with Crippen molar-refractivity contribution in [3.8, 4) is 22.6 Å². The van der Waals surface area contributed by atoms with Crippen molar-refractivity contribution in [1.82, 2.24) is 0 Å². The third kappa shape index (κ3) is 2.71. The van der Waals surface area contributed by atoms with E-state index in [1.807, 2.05) is 0 Å². The van der Waals surface area contributed by atoms with E-state index in [0.717, 1.165) is 12.1 Å². The molecular weight excluding hydrogens is 269 g/mol. The quantitative estimate of drug-likeness (QED) is 0.831. The molecule has 0 saturated carbocycles. The van der Waals surface area contributed by atoms with Crippen molar-refractivity contribution in [2.24, 2.45) is 0 Å². The molecule has 0 bridgehead atoms. The predicted octanol–water partition coefficient (Wildman–Crippen LogP) is 4.39. The topological polar surface area (TPSA) is 18.5 Å². The Labute approximate surface area is 114 Å². The Morgan fingerprint density at radius 2 is 1.40 bits per heavy atom. The molecule has 0 aliphatic carbocycles. The molecule has 2 aromatic rings. The summed E-state index contributed by atoms with van der Waals surface area (Å²) >= 11 is 0. The highest BCUT2D eigenvalue weighted by Crippen LogP contribution is 2.40. The molecule has 2 aromatic carbocycles. The van der Waals surface area contributed by atoms with Gasteiger partial charge in [-0.25, -0.2) is 0 Å². The second-order valence-electron chi connectivity index (χ2n) is 4.12. The van der Waals surface area contributed by atoms with Gasteiger partial charge in [-0.2, -0.15) is 13.2 Å². The van der Waals surface area contributed by atoms with E-state index < -0.39 is 11.7 Å². The van der Waals surface area contributed by atoms with Crippen molar-refractivity contribution in [1.29, 1.82) is 0 Å². The first kappa shape index (κ1) is 14.2. The second kappa shape index (κ2) is 5.45. The third-order valence-corrected chi connectivity index (χ3v) is 2.91. The number of hydrogen-bond donors (Lipinski definition) is 0. The lowest BCUT2D eigenvalue weighted by Gasteiger charge is -2.14. The summed E-state index contributed by atoms with van der Waals surface area (Å²) in [5, 5.41) is 0. The first-order valence-corrected chi connectivity index (χ1v) is 5.86. The van der Waals surface area contributed by atoms with Gasteiger partial charge in [0.2, 0.25) is 0 Å². The van der Waals surface area contributed by atoms with Crippen LogP contribution in [0.5, 0.6) is 11.5 Å². The lowest BCUT2D eigenvalue weighted by molar-refractivity contribution is -0.137. The molecule has 0 heterocycles. The smallest absolute Gasteiger partial charge is 0.416 e. The van der Waals surface area contributed by atoms with Crippen molar-refractivity contribution >= 4 is 0 Å². The van der Waals surface area contributed by atoms with Gasteiger partial charge in [0.25, 0.3) is 0 Å². The van der Waals surface area contributed by atoms with E-state index in [2.05, 4.69) is 0 Å². The molecule has 0 aliphatic heterocycles. The van der Waals surface area contributed by atoms with Crippen LogP contribution in [0.3, 0.4) is 0 Å². The van der Waals surface area contributed by atoms with E-state index in [9.17, 15) is 13.2 Å². The largest absolute Gasteiger partial charge is 0.496 e. The number of rotatable bonds is 3. The average Bonchev–Trinajstić information content (AvgIpc) is 2.45. The summed E-state index contributed by atoms with van der Waals surface area (Å²) < 4.78 is 48.8. The molecule has 0 fully saturated rings. The Bertz CT molecular complexity index is 584. The fourth-order valence-electron chi connectivity index (χ4n) is 1.99. The second-order valence-corrected chi connectivity index (χ2v) is 4.12. The predicted molar refractivity (Wildman–Crippen MR) is 70.0 cm³/mol. The minimum absolute atomic E-state index is 0.397. The Kier molecular flexibility index (Phi) is 3.88. The fraction of sp³-hybridized carbons (Fsp3) is 0.200. The zero-order valence-electron chi connectivity index (χ0n) is 11.0. The van der Waals surface area contributed by atoms with Crippen LogP contribution in [0.15, 0.2) is 42.5 Å². The van der Waals surface area contributed by atoms with Gasteiger partial charge in [-0.1, -0.05) is 18.2 Å². The van der Waals surface area contributed by atoms with Crippen LogP contribution in [0, 0.1) is 0 Å². The highest BCUT2D eigenvalue weighted by Gasteiger charge is 2.30. The summed E-state index contributed by atoms with van der Waals surface area (Å²) in [6, 6.07) is 10.1. The highest BCUT2D eigenvalue weighted by molar-refractivity contribution is 5.77. The maximum atomic E-state index is 12.8. The van der Waals surface area contributed by atoms with Gasteiger partial charge in [0, 0.05) is 0 Å². The molecule has 0 spiro atoms.